The summed E-state index contributed by atoms with van der Waals surface area (Å²) in [6.07, 6.45) is 0. The van der Waals surface area contributed by atoms with Crippen molar-refractivity contribution >= 4 is 17.3 Å². The predicted octanol–water partition coefficient (Wildman–Crippen LogP) is 3.76. The molecule has 0 aliphatic rings. The van der Waals surface area contributed by atoms with Crippen LogP contribution in [0.15, 0.2) is 36.4 Å². The molecule has 0 aliphatic carbocycles. The molecule has 2 aromatic rings. The highest BCUT2D eigenvalue weighted by Gasteiger charge is 2.11. The third-order valence-corrected chi connectivity index (χ3v) is 3.82. The maximum Gasteiger partial charge on any atom is 0.161 e. The Morgan fingerprint density at radius 1 is 1.25 bits per heavy atom. The van der Waals surface area contributed by atoms with Crippen molar-refractivity contribution in [2.75, 3.05) is 25.6 Å². The second-order valence-electron chi connectivity index (χ2n) is 5.15. The van der Waals surface area contributed by atoms with E-state index in [1.54, 1.807) is 19.2 Å². The zero-order valence-electron chi connectivity index (χ0n) is 13.5. The number of halogens is 1. The molecule has 126 valence electrons. The number of nitriles is 1. The summed E-state index contributed by atoms with van der Waals surface area (Å²) in [4.78, 5) is 0. The molecule has 0 saturated carbocycles. The monoisotopic (exact) mass is 346 g/mol. The molecule has 1 atom stereocenters. The summed E-state index contributed by atoms with van der Waals surface area (Å²) in [5.41, 5.74) is 2.27. The maximum atomic E-state index is 8.92. The van der Waals surface area contributed by atoms with Crippen molar-refractivity contribution in [3.63, 3.8) is 0 Å². The zero-order valence-corrected chi connectivity index (χ0v) is 14.3. The lowest BCUT2D eigenvalue weighted by Crippen LogP contribution is -2.08. The fourth-order valence-electron chi connectivity index (χ4n) is 2.26. The summed E-state index contributed by atoms with van der Waals surface area (Å²) in [6.45, 7) is 2.17. The second-order valence-corrected chi connectivity index (χ2v) is 5.56. The fourth-order valence-corrected chi connectivity index (χ4v) is 2.48. The highest BCUT2D eigenvalue weighted by atomic mass is 35.5. The first-order valence-electron chi connectivity index (χ1n) is 7.46. The summed E-state index contributed by atoms with van der Waals surface area (Å²) < 4.78 is 10.8. The van der Waals surface area contributed by atoms with Gasteiger partial charge in [0, 0.05) is 11.7 Å². The Hall–Kier alpha value is -2.42. The van der Waals surface area contributed by atoms with Gasteiger partial charge in [-0.2, -0.15) is 5.26 Å². The molecular weight excluding hydrogens is 328 g/mol. The van der Waals surface area contributed by atoms with Crippen LogP contribution >= 0.6 is 11.6 Å². The van der Waals surface area contributed by atoms with Crippen LogP contribution < -0.4 is 14.8 Å². The van der Waals surface area contributed by atoms with Crippen molar-refractivity contribution in [1.29, 1.82) is 5.26 Å². The second kappa shape index (κ2) is 8.44. The number of aliphatic hydroxyl groups is 1. The van der Waals surface area contributed by atoms with Crippen molar-refractivity contribution in [2.24, 2.45) is 0 Å². The summed E-state index contributed by atoms with van der Waals surface area (Å²) in [5.74, 6) is 1.19. The number of methoxy groups -OCH3 is 1. The summed E-state index contributed by atoms with van der Waals surface area (Å²) in [7, 11) is 1.57. The van der Waals surface area contributed by atoms with E-state index in [9.17, 15) is 0 Å². The minimum absolute atomic E-state index is 0.00482. The van der Waals surface area contributed by atoms with E-state index in [1.165, 1.54) is 0 Å². The average molecular weight is 347 g/mol. The van der Waals surface area contributed by atoms with Crippen LogP contribution in [0.2, 0.25) is 5.02 Å². The number of aliphatic hydroxyl groups excluding tert-OH is 1. The van der Waals surface area contributed by atoms with Crippen molar-refractivity contribution in [1.82, 2.24) is 0 Å². The Kier molecular flexibility index (Phi) is 6.30. The molecule has 0 aromatic heterocycles. The van der Waals surface area contributed by atoms with Crippen LogP contribution in [0.3, 0.4) is 0 Å². The van der Waals surface area contributed by atoms with Gasteiger partial charge < -0.3 is 19.9 Å². The van der Waals surface area contributed by atoms with Crippen LogP contribution in [0.5, 0.6) is 11.5 Å². The number of nitrogens with one attached hydrogen (secondary N) is 1. The molecular formula is C18H19ClN2O3. The van der Waals surface area contributed by atoms with Crippen LogP contribution in [0.1, 0.15) is 24.1 Å². The quantitative estimate of drug-likeness (QED) is 0.798. The Labute approximate surface area is 146 Å². The van der Waals surface area contributed by atoms with Gasteiger partial charge in [-0.3, -0.25) is 0 Å². The van der Waals surface area contributed by atoms with Gasteiger partial charge in [0.05, 0.1) is 24.3 Å². The van der Waals surface area contributed by atoms with Crippen LogP contribution in [0, 0.1) is 11.3 Å². The van der Waals surface area contributed by atoms with E-state index in [-0.39, 0.29) is 19.3 Å². The molecule has 0 heterocycles. The largest absolute Gasteiger partial charge is 0.493 e. The Balaban J connectivity index is 2.16. The number of rotatable bonds is 7. The third kappa shape index (κ3) is 4.31. The number of hydrogen-bond acceptors (Lipinski definition) is 5. The van der Waals surface area contributed by atoms with Gasteiger partial charge in [-0.05, 0) is 42.8 Å². The summed E-state index contributed by atoms with van der Waals surface area (Å²) in [6, 6.07) is 12.9. The number of benzene rings is 2. The molecule has 5 nitrogen and oxygen atoms in total. The van der Waals surface area contributed by atoms with Gasteiger partial charge in [-0.25, -0.2) is 0 Å². The molecule has 0 saturated heterocycles. The summed E-state index contributed by atoms with van der Waals surface area (Å²) in [5, 5.41) is 21.5. The van der Waals surface area contributed by atoms with Crippen molar-refractivity contribution in [3.8, 4) is 17.6 Å². The predicted molar refractivity (Wildman–Crippen MR) is 93.8 cm³/mol. The van der Waals surface area contributed by atoms with Crippen molar-refractivity contribution < 1.29 is 14.6 Å². The minimum atomic E-state index is -0.0533. The highest BCUT2D eigenvalue weighted by Crippen LogP contribution is 2.32. The lowest BCUT2D eigenvalue weighted by molar-refractivity contribution is 0.196. The van der Waals surface area contributed by atoms with Gasteiger partial charge in [-0.1, -0.05) is 17.7 Å². The lowest BCUT2D eigenvalue weighted by atomic mass is 10.1. The molecule has 1 unspecified atom stereocenters. The average Bonchev–Trinajstić information content (AvgIpc) is 2.59. The fraction of sp³-hybridized carbons (Fsp3) is 0.278. The van der Waals surface area contributed by atoms with E-state index in [0.29, 0.717) is 22.1 Å². The molecule has 6 heteroatoms. The molecule has 0 amide bonds. The smallest absolute Gasteiger partial charge is 0.161 e. The molecule has 0 spiro atoms. The van der Waals surface area contributed by atoms with E-state index in [2.05, 4.69) is 5.32 Å². The van der Waals surface area contributed by atoms with Crippen molar-refractivity contribution in [3.05, 3.63) is 52.5 Å². The van der Waals surface area contributed by atoms with Gasteiger partial charge in [-0.15, -0.1) is 0 Å². The normalized spacial score (nSPS) is 11.5. The highest BCUT2D eigenvalue weighted by molar-refractivity contribution is 6.32. The lowest BCUT2D eigenvalue weighted by Gasteiger charge is -2.18. The van der Waals surface area contributed by atoms with E-state index in [4.69, 9.17) is 31.4 Å². The number of hydrogen-bond donors (Lipinski definition) is 2. The van der Waals surface area contributed by atoms with Gasteiger partial charge in [0.25, 0.3) is 0 Å². The van der Waals surface area contributed by atoms with E-state index < -0.39 is 0 Å². The van der Waals surface area contributed by atoms with E-state index >= 15 is 0 Å². The third-order valence-electron chi connectivity index (χ3n) is 3.51. The molecule has 24 heavy (non-hydrogen) atoms. The Bertz CT molecular complexity index is 744. The Morgan fingerprint density at radius 2 is 2.04 bits per heavy atom. The van der Waals surface area contributed by atoms with Crippen LogP contribution in [0.4, 0.5) is 5.69 Å². The van der Waals surface area contributed by atoms with Crippen LogP contribution in [-0.4, -0.2) is 25.4 Å². The van der Waals surface area contributed by atoms with Crippen molar-refractivity contribution in [2.45, 2.75) is 13.0 Å². The first kappa shape index (κ1) is 17.9. The molecule has 2 rings (SSSR count). The zero-order chi connectivity index (χ0) is 17.5. The van der Waals surface area contributed by atoms with Gasteiger partial charge >= 0.3 is 0 Å². The molecule has 0 aliphatic heterocycles. The SMILES string of the molecule is COc1cc(C(C)Nc2ccc(C#N)c(Cl)c2)ccc1OCCO. The van der Waals surface area contributed by atoms with Gasteiger partial charge in [0.15, 0.2) is 11.5 Å². The first-order valence-corrected chi connectivity index (χ1v) is 7.84. The minimum Gasteiger partial charge on any atom is -0.493 e. The molecule has 2 N–H and O–H groups in total. The van der Waals surface area contributed by atoms with Gasteiger partial charge in [0.1, 0.15) is 12.7 Å². The topological polar surface area (TPSA) is 74.5 Å². The number of ether oxygens (including phenoxy) is 2. The standard InChI is InChI=1S/C18H19ClN2O3/c1-12(21-15-5-3-14(11-20)16(19)10-15)13-4-6-17(24-8-7-22)18(9-13)23-2/h3-6,9-10,12,21-22H,7-8H2,1-2H3. The molecule has 0 bridgehead atoms. The number of anilines is 1. The molecule has 2 aromatic carbocycles. The van der Waals surface area contributed by atoms with E-state index in [0.717, 1.165) is 11.3 Å². The summed E-state index contributed by atoms with van der Waals surface area (Å²) >= 11 is 6.06. The van der Waals surface area contributed by atoms with E-state index in [1.807, 2.05) is 37.3 Å². The number of nitrogens with zero attached hydrogens (tertiary/aromatic N) is 1. The van der Waals surface area contributed by atoms with Gasteiger partial charge in [0.2, 0.25) is 0 Å². The Morgan fingerprint density at radius 3 is 2.67 bits per heavy atom. The molecule has 0 radical (unpaired) electrons. The molecule has 0 fully saturated rings. The maximum absolute atomic E-state index is 8.92. The van der Waals surface area contributed by atoms with Crippen LogP contribution in [0.25, 0.3) is 0 Å². The van der Waals surface area contributed by atoms with Crippen LogP contribution in [-0.2, 0) is 0 Å². The first-order chi connectivity index (χ1) is 11.6.